The van der Waals surface area contributed by atoms with Gasteiger partial charge < -0.3 is 116 Å². The van der Waals surface area contributed by atoms with Gasteiger partial charge in [-0.05, 0) is 81.7 Å². The molecule has 2 aromatic heterocycles. The summed E-state index contributed by atoms with van der Waals surface area (Å²) in [5.74, 6) is -26.2. The lowest BCUT2D eigenvalue weighted by atomic mass is 9.96. The lowest BCUT2D eigenvalue weighted by molar-refractivity contribution is -0.156. The monoisotopic (exact) mass is 1610 g/mol. The fourth-order valence-electron chi connectivity index (χ4n) is 12.2. The van der Waals surface area contributed by atoms with Crippen molar-refractivity contribution in [1.82, 2.24) is 79.1 Å². The molecule has 1 saturated heterocycles. The maximum atomic E-state index is 15.0. The van der Waals surface area contributed by atoms with Crippen LogP contribution in [0.1, 0.15) is 143 Å². The zero-order valence-electron chi connectivity index (χ0n) is 64.4. The number of ether oxygens (including phenoxy) is 1. The van der Waals surface area contributed by atoms with Crippen molar-refractivity contribution < 1.29 is 116 Å². The molecule has 0 spiro atoms. The molecule has 2 aromatic carbocycles. The number of nitrogens with two attached hydrogens (primary N) is 2. The smallest absolute Gasteiger partial charge is 0.329 e. The van der Waals surface area contributed by atoms with Crippen molar-refractivity contribution in [3.8, 4) is 0 Å². The maximum Gasteiger partial charge on any atom is 0.329 e. The van der Waals surface area contributed by atoms with Crippen molar-refractivity contribution in [2.24, 2.45) is 23.3 Å². The number of carboxylic acids is 4. The molecule has 14 atom stereocenters. The lowest BCUT2D eigenvalue weighted by Gasteiger charge is -2.30. The van der Waals surface area contributed by atoms with Crippen LogP contribution < -0.4 is 80.6 Å². The largest absolute Gasteiger partial charge is 0.481 e. The molecule has 4 aromatic rings. The summed E-state index contributed by atoms with van der Waals surface area (Å²) in [4.78, 5) is 266. The first-order chi connectivity index (χ1) is 54.4. The molecule has 41 nitrogen and oxygen atoms in total. The van der Waals surface area contributed by atoms with E-state index in [1.807, 2.05) is 0 Å². The predicted molar refractivity (Wildman–Crippen MR) is 406 cm³/mol. The molecule has 1 fully saturated rings. The number of nitrogens with one attached hydrogen (secondary N) is 15. The van der Waals surface area contributed by atoms with E-state index in [1.165, 1.54) is 13.1 Å². The van der Waals surface area contributed by atoms with E-state index in [2.05, 4.69) is 92.9 Å². The number of amides is 14. The Morgan fingerprint density at radius 1 is 0.522 bits per heavy atom. The van der Waals surface area contributed by atoms with Gasteiger partial charge >= 0.3 is 29.8 Å². The van der Waals surface area contributed by atoms with Crippen LogP contribution in [0.5, 0.6) is 0 Å². The van der Waals surface area contributed by atoms with Crippen LogP contribution in [-0.4, -0.2) is 235 Å². The standard InChI is InChI=1S/C74H103N17O24/c1-7-36(2)17-10-8-9-11-23-55(93)84-48(26-41-32-77-45-20-14-12-18-43(41)45)69(109)86-49(28-54(76)92)70(110)88-52(31-61(102)103)71(111)91-63-40(6)115-74(114)53(27-42-33-78-46-21-15-13-19-44(42)46)89-73(113)62(37(3)25-58(96)97)90-65(105)38(4)81-56(94)34-79-66(106)50(29-59(98)99)85-64(104)39(5)82-68(108)51(30-60(100)101)87-67(107)47(22-16-24-75)83-57(95)35-80-72(63)112/h12-15,18-21,32-33,36-40,47-53,62-63,77-78H,7-11,16-17,22-31,34-35,75H2,1-6H3,(H2,76,92)(H,79,106)(H,80,112)(H,81,94)(H,82,108)(H,83,95)(H,84,93)(H,85,104)(H,86,109)(H,87,107)(H,88,110)(H,89,113)(H,90,105)(H,91,111)(H,96,97)(H,98,99)(H,100,101)(H,102,103). The Hall–Kier alpha value is -12.6. The number of esters is 1. The number of cyclic esters (lactones) is 1. The zero-order valence-corrected chi connectivity index (χ0v) is 64.4. The molecule has 115 heavy (non-hydrogen) atoms. The van der Waals surface area contributed by atoms with E-state index in [-0.39, 0.29) is 32.2 Å². The van der Waals surface area contributed by atoms with Gasteiger partial charge in [-0.1, -0.05) is 89.3 Å². The topological polar surface area (TPSA) is 654 Å². The van der Waals surface area contributed by atoms with E-state index in [4.69, 9.17) is 16.2 Å². The van der Waals surface area contributed by atoms with E-state index in [1.54, 1.807) is 54.7 Å². The summed E-state index contributed by atoms with van der Waals surface area (Å²) in [7, 11) is 0. The Balaban J connectivity index is 1.58. The van der Waals surface area contributed by atoms with Crippen LogP contribution in [0, 0.1) is 11.8 Å². The van der Waals surface area contributed by atoms with Crippen LogP contribution in [0.3, 0.4) is 0 Å². The molecule has 14 amide bonds. The third-order valence-corrected chi connectivity index (χ3v) is 18.8. The fourth-order valence-corrected chi connectivity index (χ4v) is 12.2. The first-order valence-corrected chi connectivity index (χ1v) is 37.4. The first kappa shape index (κ1) is 93.0. The number of aromatic amines is 2. The van der Waals surface area contributed by atoms with Crippen molar-refractivity contribution in [2.75, 3.05) is 19.6 Å². The number of hydrogen-bond donors (Lipinski definition) is 21. The van der Waals surface area contributed by atoms with Gasteiger partial charge in [0.2, 0.25) is 82.7 Å². The lowest BCUT2D eigenvalue weighted by Crippen LogP contribution is -2.61. The van der Waals surface area contributed by atoms with Gasteiger partial charge in [0.25, 0.3) is 0 Å². The van der Waals surface area contributed by atoms with Crippen molar-refractivity contribution in [3.63, 3.8) is 0 Å². The number of aliphatic carboxylic acids is 4. The number of unbranched alkanes of at least 4 members (excludes halogenated alkanes) is 3. The van der Waals surface area contributed by atoms with Crippen molar-refractivity contribution in [1.29, 1.82) is 0 Å². The third-order valence-electron chi connectivity index (χ3n) is 18.8. The van der Waals surface area contributed by atoms with Gasteiger partial charge in [0, 0.05) is 53.5 Å². The zero-order chi connectivity index (χ0) is 85.3. The highest BCUT2D eigenvalue weighted by atomic mass is 16.5. The average molecular weight is 1610 g/mol. The average Bonchev–Trinajstić information content (AvgIpc) is 1.71. The first-order valence-electron chi connectivity index (χ1n) is 37.4. The molecule has 0 aliphatic carbocycles. The van der Waals surface area contributed by atoms with Crippen LogP contribution in [0.2, 0.25) is 0 Å². The number of benzene rings is 2. The molecule has 1 aliphatic rings. The number of carbonyl (C=O) groups excluding carboxylic acids is 15. The van der Waals surface area contributed by atoms with Crippen LogP contribution in [0.25, 0.3) is 21.8 Å². The van der Waals surface area contributed by atoms with Gasteiger partial charge in [-0.25, -0.2) is 4.79 Å². The minimum atomic E-state index is -2.34. The Labute approximate surface area is 659 Å². The molecular weight excluding hydrogens is 1510 g/mol. The van der Waals surface area contributed by atoms with E-state index in [9.17, 15) is 107 Å². The second kappa shape index (κ2) is 45.8. The molecule has 1 aliphatic heterocycles. The highest BCUT2D eigenvalue weighted by Crippen LogP contribution is 2.23. The number of hydrogen-bond acceptors (Lipinski definition) is 21. The predicted octanol–water partition coefficient (Wildman–Crippen LogP) is -3.48. The molecule has 0 radical (unpaired) electrons. The highest BCUT2D eigenvalue weighted by molar-refractivity contribution is 6.02. The summed E-state index contributed by atoms with van der Waals surface area (Å²) in [5, 5.41) is 70.1. The van der Waals surface area contributed by atoms with E-state index >= 15 is 4.79 Å². The van der Waals surface area contributed by atoms with Gasteiger partial charge in [-0.2, -0.15) is 0 Å². The SMILES string of the molecule is CCC(C)CCCCCCC(=O)NC(Cc1c[nH]c2ccccc12)C(=O)NC(CC(N)=O)C(=O)NC(CC(=O)O)C(=O)NC1C(=O)NCC(=O)NC(CCCN)C(=O)NC(CC(=O)O)C(=O)NC(C)C(=O)NC(CC(=O)O)C(=O)NCC(=O)NC(C)C(=O)NC(C(C)CC(=O)O)C(=O)NC(Cc2c[nH]c3ccccc23)C(=O)OC1C. The van der Waals surface area contributed by atoms with Crippen LogP contribution in [0.4, 0.5) is 0 Å². The minimum absolute atomic E-state index is 0.00128. The Bertz CT molecular complexity index is 4200. The van der Waals surface area contributed by atoms with E-state index < -0.39 is 243 Å². The maximum absolute atomic E-state index is 15.0. The molecule has 41 heteroatoms. The second-order valence-electron chi connectivity index (χ2n) is 28.2. The van der Waals surface area contributed by atoms with Crippen LogP contribution in [-0.2, 0) is 109 Å². The van der Waals surface area contributed by atoms with Gasteiger partial charge in [0.05, 0.1) is 45.2 Å². The summed E-state index contributed by atoms with van der Waals surface area (Å²) >= 11 is 0. The third kappa shape index (κ3) is 30.8. The van der Waals surface area contributed by atoms with Gasteiger partial charge in [-0.3, -0.25) is 86.3 Å². The summed E-state index contributed by atoms with van der Waals surface area (Å²) in [6.45, 7) is 6.20. The summed E-state index contributed by atoms with van der Waals surface area (Å²) in [5.41, 5.74) is 13.3. The highest BCUT2D eigenvalue weighted by Gasteiger charge is 2.41. The van der Waals surface area contributed by atoms with Crippen molar-refractivity contribution in [3.05, 3.63) is 72.1 Å². The molecule has 0 bridgehead atoms. The summed E-state index contributed by atoms with van der Waals surface area (Å²) in [6.07, 6.45) is -0.678. The fraction of sp³-hybridized carbons (Fsp3) is 0.527. The quantitative estimate of drug-likeness (QED) is 0.0163. The molecule has 0 saturated carbocycles. The van der Waals surface area contributed by atoms with Crippen LogP contribution >= 0.6 is 0 Å². The Morgan fingerprint density at radius 3 is 1.63 bits per heavy atom. The van der Waals surface area contributed by atoms with Crippen molar-refractivity contribution >= 4 is 134 Å². The number of H-pyrrole nitrogens is 2. The van der Waals surface area contributed by atoms with Crippen LogP contribution in [0.15, 0.2) is 60.9 Å². The molecule has 14 unspecified atom stereocenters. The van der Waals surface area contributed by atoms with Crippen molar-refractivity contribution in [2.45, 2.75) is 217 Å². The van der Waals surface area contributed by atoms with Gasteiger partial charge in [0.1, 0.15) is 72.6 Å². The number of carboxylic acid groups (broad SMARTS) is 4. The van der Waals surface area contributed by atoms with Gasteiger partial charge in [-0.15, -0.1) is 0 Å². The van der Waals surface area contributed by atoms with E-state index in [0.717, 1.165) is 46.5 Å². The van der Waals surface area contributed by atoms with Gasteiger partial charge in [0.15, 0.2) is 0 Å². The summed E-state index contributed by atoms with van der Waals surface area (Å²) < 4.78 is 5.87. The minimum Gasteiger partial charge on any atom is -0.481 e. The Morgan fingerprint density at radius 2 is 1.03 bits per heavy atom. The molecule has 23 N–H and O–H groups in total. The number of fused-ring (bicyclic) bond motifs is 2. The molecule has 5 rings (SSSR count). The molecule has 3 heterocycles. The number of rotatable bonds is 33. The second-order valence-corrected chi connectivity index (χ2v) is 28.2. The number of primary amides is 1. The van der Waals surface area contributed by atoms with E-state index in [0.29, 0.717) is 51.7 Å². The molecule has 628 valence electrons. The number of carbonyl (C=O) groups is 19. The normalized spacial score (nSPS) is 21.6. The number of aromatic nitrogens is 2. The molecular formula is C74H103N17O24. The number of para-hydroxylation sites is 2. The Kier molecular flexibility index (Phi) is 37.0. The summed E-state index contributed by atoms with van der Waals surface area (Å²) in [6, 6.07) is -7.62.